The third-order valence-corrected chi connectivity index (χ3v) is 3.49. The second-order valence-corrected chi connectivity index (χ2v) is 5.60. The van der Waals surface area contributed by atoms with Crippen LogP contribution in [0.3, 0.4) is 0 Å². The number of methoxy groups -OCH3 is 1. The zero-order chi connectivity index (χ0) is 12.9. The molecule has 0 radical (unpaired) electrons. The molecule has 1 amide bonds. The van der Waals surface area contributed by atoms with E-state index < -0.39 is 21.7 Å². The van der Waals surface area contributed by atoms with E-state index in [0.29, 0.717) is 0 Å². The van der Waals surface area contributed by atoms with Crippen molar-refractivity contribution in [2.45, 2.75) is 12.8 Å². The first kappa shape index (κ1) is 13.9. The lowest BCUT2D eigenvalue weighted by Gasteiger charge is -2.06. The standard InChI is InChI=1S/C9H16N2O5S/c1-16-8(12)6-17(14,15)11-5-4-10-9(13)7-2-3-7/h7,11H,2-6H2,1H3,(H,10,13). The van der Waals surface area contributed by atoms with E-state index in [4.69, 9.17) is 0 Å². The molecule has 0 aromatic carbocycles. The van der Waals surface area contributed by atoms with Crippen LogP contribution < -0.4 is 10.0 Å². The van der Waals surface area contributed by atoms with Crippen molar-refractivity contribution in [2.75, 3.05) is 26.0 Å². The van der Waals surface area contributed by atoms with Gasteiger partial charge in [0.15, 0.2) is 5.75 Å². The van der Waals surface area contributed by atoms with Crippen LogP contribution in [0, 0.1) is 5.92 Å². The van der Waals surface area contributed by atoms with Crippen LogP contribution in [0.5, 0.6) is 0 Å². The molecule has 8 heteroatoms. The topological polar surface area (TPSA) is 102 Å². The maximum Gasteiger partial charge on any atom is 0.322 e. The van der Waals surface area contributed by atoms with Crippen molar-refractivity contribution in [3.63, 3.8) is 0 Å². The number of ether oxygens (including phenoxy) is 1. The Balaban J connectivity index is 2.16. The molecule has 1 saturated carbocycles. The van der Waals surface area contributed by atoms with Gasteiger partial charge in [0, 0.05) is 19.0 Å². The number of carbonyl (C=O) groups excluding carboxylic acids is 2. The Kier molecular flexibility index (Phi) is 4.88. The molecule has 0 atom stereocenters. The number of amides is 1. The summed E-state index contributed by atoms with van der Waals surface area (Å²) < 4.78 is 29.0. The molecular formula is C9H16N2O5S. The minimum Gasteiger partial charge on any atom is -0.468 e. The molecule has 0 bridgehead atoms. The van der Waals surface area contributed by atoms with Crippen LogP contribution >= 0.6 is 0 Å². The van der Waals surface area contributed by atoms with Crippen molar-refractivity contribution < 1.29 is 22.7 Å². The first-order valence-electron chi connectivity index (χ1n) is 5.26. The zero-order valence-corrected chi connectivity index (χ0v) is 10.4. The van der Waals surface area contributed by atoms with Gasteiger partial charge in [0.25, 0.3) is 0 Å². The monoisotopic (exact) mass is 264 g/mol. The van der Waals surface area contributed by atoms with Crippen molar-refractivity contribution in [1.82, 2.24) is 10.0 Å². The molecular weight excluding hydrogens is 248 g/mol. The van der Waals surface area contributed by atoms with Crippen LogP contribution in [0.2, 0.25) is 0 Å². The Morgan fingerprint density at radius 1 is 1.29 bits per heavy atom. The molecule has 0 aliphatic heterocycles. The lowest BCUT2D eigenvalue weighted by atomic mass is 10.4. The normalized spacial score (nSPS) is 15.4. The van der Waals surface area contributed by atoms with Gasteiger partial charge in [-0.05, 0) is 12.8 Å². The molecule has 1 aliphatic rings. The summed E-state index contributed by atoms with van der Waals surface area (Å²) in [4.78, 5) is 21.9. The number of hydrogen-bond acceptors (Lipinski definition) is 5. The van der Waals surface area contributed by atoms with Gasteiger partial charge in [-0.15, -0.1) is 0 Å². The molecule has 0 unspecified atom stereocenters. The predicted octanol–water partition coefficient (Wildman–Crippen LogP) is -1.39. The van der Waals surface area contributed by atoms with Crippen LogP contribution in [0.4, 0.5) is 0 Å². The van der Waals surface area contributed by atoms with Gasteiger partial charge in [0.2, 0.25) is 15.9 Å². The van der Waals surface area contributed by atoms with E-state index in [1.165, 1.54) is 0 Å². The Labute approximate surface area is 100.0 Å². The van der Waals surface area contributed by atoms with E-state index in [0.717, 1.165) is 20.0 Å². The molecule has 0 heterocycles. The number of nitrogens with one attached hydrogen (secondary N) is 2. The smallest absolute Gasteiger partial charge is 0.322 e. The van der Waals surface area contributed by atoms with Crippen molar-refractivity contribution in [3.8, 4) is 0 Å². The summed E-state index contributed by atoms with van der Waals surface area (Å²) in [6.45, 7) is 0.285. The molecule has 0 spiro atoms. The molecule has 0 saturated heterocycles. The molecule has 2 N–H and O–H groups in total. The van der Waals surface area contributed by atoms with Crippen molar-refractivity contribution in [2.24, 2.45) is 5.92 Å². The highest BCUT2D eigenvalue weighted by Crippen LogP contribution is 2.28. The summed E-state index contributed by atoms with van der Waals surface area (Å²) >= 11 is 0. The summed E-state index contributed by atoms with van der Waals surface area (Å²) in [5.41, 5.74) is 0. The molecule has 17 heavy (non-hydrogen) atoms. The van der Waals surface area contributed by atoms with E-state index >= 15 is 0 Å². The Bertz CT molecular complexity index is 388. The minimum atomic E-state index is -3.67. The molecule has 0 aromatic heterocycles. The van der Waals surface area contributed by atoms with Crippen LogP contribution in [-0.4, -0.2) is 46.2 Å². The van der Waals surface area contributed by atoms with Gasteiger partial charge in [-0.2, -0.15) is 0 Å². The van der Waals surface area contributed by atoms with Gasteiger partial charge in [0.05, 0.1) is 7.11 Å². The van der Waals surface area contributed by atoms with E-state index in [1.54, 1.807) is 0 Å². The summed E-state index contributed by atoms with van der Waals surface area (Å²) in [7, 11) is -2.55. The van der Waals surface area contributed by atoms with Gasteiger partial charge in [0.1, 0.15) is 0 Å². The number of esters is 1. The molecule has 0 aromatic rings. The molecule has 1 fully saturated rings. The van der Waals surface area contributed by atoms with E-state index in [9.17, 15) is 18.0 Å². The third kappa shape index (κ3) is 5.64. The number of sulfonamides is 1. The number of rotatable bonds is 7. The van der Waals surface area contributed by atoms with E-state index in [2.05, 4.69) is 14.8 Å². The average Bonchev–Trinajstić information content (AvgIpc) is 3.07. The fraction of sp³-hybridized carbons (Fsp3) is 0.778. The number of carbonyl (C=O) groups is 2. The lowest BCUT2D eigenvalue weighted by Crippen LogP contribution is -2.37. The van der Waals surface area contributed by atoms with Crippen LogP contribution in [-0.2, 0) is 24.3 Å². The van der Waals surface area contributed by atoms with Crippen molar-refractivity contribution in [3.05, 3.63) is 0 Å². The third-order valence-electron chi connectivity index (χ3n) is 2.23. The second-order valence-electron chi connectivity index (χ2n) is 3.79. The quantitative estimate of drug-likeness (QED) is 0.435. The van der Waals surface area contributed by atoms with Gasteiger partial charge in [-0.3, -0.25) is 9.59 Å². The Hall–Kier alpha value is -1.15. The lowest BCUT2D eigenvalue weighted by molar-refractivity contribution is -0.137. The molecule has 98 valence electrons. The first-order chi connectivity index (χ1) is 7.94. The molecule has 1 rings (SSSR count). The fourth-order valence-corrected chi connectivity index (χ4v) is 2.09. The highest BCUT2D eigenvalue weighted by molar-refractivity contribution is 7.90. The summed E-state index contributed by atoms with van der Waals surface area (Å²) in [5.74, 6) is -1.47. The fourth-order valence-electron chi connectivity index (χ4n) is 1.15. The number of hydrogen-bond donors (Lipinski definition) is 2. The van der Waals surface area contributed by atoms with Crippen LogP contribution in [0.1, 0.15) is 12.8 Å². The predicted molar refractivity (Wildman–Crippen MR) is 59.5 cm³/mol. The summed E-state index contributed by atoms with van der Waals surface area (Å²) in [5, 5.41) is 2.60. The van der Waals surface area contributed by atoms with E-state index in [-0.39, 0.29) is 24.9 Å². The Morgan fingerprint density at radius 3 is 2.47 bits per heavy atom. The van der Waals surface area contributed by atoms with E-state index in [1.807, 2.05) is 0 Å². The second kappa shape index (κ2) is 5.97. The van der Waals surface area contributed by atoms with Gasteiger partial charge in [-0.1, -0.05) is 0 Å². The van der Waals surface area contributed by atoms with Crippen LogP contribution in [0.25, 0.3) is 0 Å². The molecule has 7 nitrogen and oxygen atoms in total. The highest BCUT2D eigenvalue weighted by atomic mass is 32.2. The van der Waals surface area contributed by atoms with Gasteiger partial charge in [-0.25, -0.2) is 13.1 Å². The zero-order valence-electron chi connectivity index (χ0n) is 9.56. The highest BCUT2D eigenvalue weighted by Gasteiger charge is 2.29. The largest absolute Gasteiger partial charge is 0.468 e. The SMILES string of the molecule is COC(=O)CS(=O)(=O)NCCNC(=O)C1CC1. The van der Waals surface area contributed by atoms with Crippen molar-refractivity contribution >= 4 is 21.9 Å². The summed E-state index contributed by atoms with van der Waals surface area (Å²) in [6, 6.07) is 0. The minimum absolute atomic E-state index is 0.0443. The molecule has 1 aliphatic carbocycles. The van der Waals surface area contributed by atoms with Crippen LogP contribution in [0.15, 0.2) is 0 Å². The van der Waals surface area contributed by atoms with Gasteiger partial charge < -0.3 is 10.1 Å². The average molecular weight is 264 g/mol. The maximum atomic E-state index is 11.3. The Morgan fingerprint density at radius 2 is 1.94 bits per heavy atom. The van der Waals surface area contributed by atoms with Gasteiger partial charge >= 0.3 is 5.97 Å². The summed E-state index contributed by atoms with van der Waals surface area (Å²) in [6.07, 6.45) is 1.81. The van der Waals surface area contributed by atoms with Crippen molar-refractivity contribution in [1.29, 1.82) is 0 Å². The maximum absolute atomic E-state index is 11.3. The first-order valence-corrected chi connectivity index (χ1v) is 6.91.